The lowest BCUT2D eigenvalue weighted by Gasteiger charge is -2.18. The van der Waals surface area contributed by atoms with Gasteiger partial charge in [0.1, 0.15) is 0 Å². The Labute approximate surface area is 85.3 Å². The van der Waals surface area contributed by atoms with E-state index < -0.39 is 0 Å². The zero-order valence-electron chi connectivity index (χ0n) is 8.79. The summed E-state index contributed by atoms with van der Waals surface area (Å²) in [4.78, 5) is 0. The van der Waals surface area contributed by atoms with Gasteiger partial charge in [-0.05, 0) is 24.0 Å². The van der Waals surface area contributed by atoms with Gasteiger partial charge in [0.2, 0.25) is 0 Å². The molecule has 1 aliphatic rings. The van der Waals surface area contributed by atoms with Crippen molar-refractivity contribution >= 4 is 5.69 Å². The third-order valence-corrected chi connectivity index (χ3v) is 2.91. The summed E-state index contributed by atoms with van der Waals surface area (Å²) in [5.41, 5.74) is 2.72. The maximum Gasteiger partial charge on any atom is 0.0507 e. The molecular formula is C12H17NO. The molecule has 0 amide bonds. The summed E-state index contributed by atoms with van der Waals surface area (Å²) >= 11 is 0. The molecule has 14 heavy (non-hydrogen) atoms. The molecule has 1 aromatic rings. The third-order valence-electron chi connectivity index (χ3n) is 2.91. The molecule has 0 saturated heterocycles. The van der Waals surface area contributed by atoms with E-state index in [0.717, 1.165) is 13.0 Å². The van der Waals surface area contributed by atoms with Crippen LogP contribution in [0.1, 0.15) is 12.5 Å². The van der Waals surface area contributed by atoms with Crippen molar-refractivity contribution in [2.24, 2.45) is 5.92 Å². The molecule has 1 aliphatic heterocycles. The number of nitrogens with one attached hydrogen (secondary N) is 1. The van der Waals surface area contributed by atoms with Crippen LogP contribution in [0.25, 0.3) is 0 Å². The SMILES string of the molecule is COCC(C)C1Cc2ccccc2N1. The molecule has 2 nitrogen and oxygen atoms in total. The molecule has 1 heterocycles. The van der Waals surface area contributed by atoms with Gasteiger partial charge in [-0.3, -0.25) is 0 Å². The lowest BCUT2D eigenvalue weighted by Crippen LogP contribution is -2.27. The molecule has 0 radical (unpaired) electrons. The second-order valence-corrected chi connectivity index (χ2v) is 4.04. The van der Waals surface area contributed by atoms with Crippen molar-refractivity contribution in [1.29, 1.82) is 0 Å². The van der Waals surface area contributed by atoms with Gasteiger partial charge in [0.05, 0.1) is 6.61 Å². The largest absolute Gasteiger partial charge is 0.384 e. The molecule has 2 atom stereocenters. The summed E-state index contributed by atoms with van der Waals surface area (Å²) in [6.45, 7) is 3.05. The first-order valence-corrected chi connectivity index (χ1v) is 5.14. The second kappa shape index (κ2) is 4.01. The second-order valence-electron chi connectivity index (χ2n) is 4.04. The highest BCUT2D eigenvalue weighted by Gasteiger charge is 2.24. The molecule has 76 valence electrons. The van der Waals surface area contributed by atoms with Crippen LogP contribution in [-0.2, 0) is 11.2 Å². The van der Waals surface area contributed by atoms with E-state index in [2.05, 4.69) is 36.5 Å². The number of methoxy groups -OCH3 is 1. The highest BCUT2D eigenvalue weighted by Crippen LogP contribution is 2.28. The maximum absolute atomic E-state index is 5.17. The van der Waals surface area contributed by atoms with Gasteiger partial charge in [-0.2, -0.15) is 0 Å². The van der Waals surface area contributed by atoms with Crippen LogP contribution in [-0.4, -0.2) is 19.8 Å². The first-order valence-electron chi connectivity index (χ1n) is 5.14. The molecular weight excluding hydrogens is 174 g/mol. The van der Waals surface area contributed by atoms with Gasteiger partial charge in [-0.15, -0.1) is 0 Å². The highest BCUT2D eigenvalue weighted by atomic mass is 16.5. The van der Waals surface area contributed by atoms with E-state index in [0.29, 0.717) is 12.0 Å². The maximum atomic E-state index is 5.17. The van der Waals surface area contributed by atoms with E-state index in [1.54, 1.807) is 7.11 Å². The number of hydrogen-bond donors (Lipinski definition) is 1. The lowest BCUT2D eigenvalue weighted by molar-refractivity contribution is 0.151. The standard InChI is InChI=1S/C12H17NO/c1-9(8-14-2)12-7-10-5-3-4-6-11(10)13-12/h3-6,9,12-13H,7-8H2,1-2H3. The summed E-state index contributed by atoms with van der Waals surface area (Å²) in [7, 11) is 1.76. The Hall–Kier alpha value is -1.02. The lowest BCUT2D eigenvalue weighted by atomic mass is 9.99. The Balaban J connectivity index is 2.04. The number of para-hydroxylation sites is 1. The fraction of sp³-hybridized carbons (Fsp3) is 0.500. The van der Waals surface area contributed by atoms with Crippen LogP contribution in [0, 0.1) is 5.92 Å². The number of anilines is 1. The Morgan fingerprint density at radius 1 is 1.50 bits per heavy atom. The summed E-state index contributed by atoms with van der Waals surface area (Å²) in [6, 6.07) is 9.06. The van der Waals surface area contributed by atoms with Gasteiger partial charge >= 0.3 is 0 Å². The van der Waals surface area contributed by atoms with Gasteiger partial charge in [0.25, 0.3) is 0 Å². The molecule has 1 N–H and O–H groups in total. The van der Waals surface area contributed by atoms with Crippen LogP contribution in [0.3, 0.4) is 0 Å². The minimum Gasteiger partial charge on any atom is -0.384 e. The number of ether oxygens (including phenoxy) is 1. The van der Waals surface area contributed by atoms with Crippen LogP contribution in [0.15, 0.2) is 24.3 Å². The van der Waals surface area contributed by atoms with Gasteiger partial charge in [-0.1, -0.05) is 25.1 Å². The molecule has 0 saturated carbocycles. The molecule has 2 heteroatoms. The first kappa shape index (κ1) is 9.53. The summed E-state index contributed by atoms with van der Waals surface area (Å²) in [5, 5.41) is 3.54. The quantitative estimate of drug-likeness (QED) is 0.791. The Bertz CT molecular complexity index is 286. The predicted molar refractivity (Wildman–Crippen MR) is 58.6 cm³/mol. The van der Waals surface area contributed by atoms with Crippen molar-refractivity contribution in [1.82, 2.24) is 0 Å². The molecule has 0 spiro atoms. The van der Waals surface area contributed by atoms with Gasteiger partial charge < -0.3 is 10.1 Å². The Morgan fingerprint density at radius 2 is 2.29 bits per heavy atom. The normalized spacial score (nSPS) is 21.4. The van der Waals surface area contributed by atoms with E-state index >= 15 is 0 Å². The van der Waals surface area contributed by atoms with Crippen LogP contribution in [0.5, 0.6) is 0 Å². The average Bonchev–Trinajstić information content (AvgIpc) is 2.61. The van der Waals surface area contributed by atoms with Crippen LogP contribution < -0.4 is 5.32 Å². The Morgan fingerprint density at radius 3 is 3.00 bits per heavy atom. The fourth-order valence-electron chi connectivity index (χ4n) is 2.05. The molecule has 1 aromatic carbocycles. The van der Waals surface area contributed by atoms with Crippen molar-refractivity contribution in [3.8, 4) is 0 Å². The molecule has 0 fully saturated rings. The average molecular weight is 191 g/mol. The summed E-state index contributed by atoms with van der Waals surface area (Å²) in [5.74, 6) is 0.562. The van der Waals surface area contributed by atoms with E-state index in [1.807, 2.05) is 0 Å². The first-order chi connectivity index (χ1) is 6.81. The summed E-state index contributed by atoms with van der Waals surface area (Å²) < 4.78 is 5.17. The molecule has 0 bridgehead atoms. The highest BCUT2D eigenvalue weighted by molar-refractivity contribution is 5.56. The van der Waals surface area contributed by atoms with E-state index in [1.165, 1.54) is 11.3 Å². The zero-order valence-corrected chi connectivity index (χ0v) is 8.79. The van der Waals surface area contributed by atoms with Crippen molar-refractivity contribution in [2.75, 3.05) is 19.0 Å². The fourth-order valence-corrected chi connectivity index (χ4v) is 2.05. The van der Waals surface area contributed by atoms with Crippen molar-refractivity contribution in [2.45, 2.75) is 19.4 Å². The zero-order chi connectivity index (χ0) is 9.97. The van der Waals surface area contributed by atoms with Crippen molar-refractivity contribution in [3.05, 3.63) is 29.8 Å². The topological polar surface area (TPSA) is 21.3 Å². The molecule has 0 aromatic heterocycles. The predicted octanol–water partition coefficient (Wildman–Crippen LogP) is 2.31. The minimum atomic E-state index is 0.535. The van der Waals surface area contributed by atoms with E-state index in [4.69, 9.17) is 4.74 Å². The molecule has 2 unspecified atom stereocenters. The van der Waals surface area contributed by atoms with Gasteiger partial charge in [0.15, 0.2) is 0 Å². The monoisotopic (exact) mass is 191 g/mol. The molecule has 2 rings (SSSR count). The molecule has 0 aliphatic carbocycles. The number of benzene rings is 1. The van der Waals surface area contributed by atoms with E-state index in [-0.39, 0.29) is 0 Å². The third kappa shape index (κ3) is 1.75. The van der Waals surface area contributed by atoms with E-state index in [9.17, 15) is 0 Å². The Kier molecular flexibility index (Phi) is 2.73. The number of hydrogen-bond acceptors (Lipinski definition) is 2. The smallest absolute Gasteiger partial charge is 0.0507 e. The van der Waals surface area contributed by atoms with Crippen molar-refractivity contribution < 1.29 is 4.74 Å². The van der Waals surface area contributed by atoms with Crippen LogP contribution in [0.2, 0.25) is 0 Å². The van der Waals surface area contributed by atoms with Gasteiger partial charge in [-0.25, -0.2) is 0 Å². The number of fused-ring (bicyclic) bond motifs is 1. The van der Waals surface area contributed by atoms with Crippen LogP contribution >= 0.6 is 0 Å². The van der Waals surface area contributed by atoms with Gasteiger partial charge in [0, 0.05) is 18.8 Å². The summed E-state index contributed by atoms with van der Waals surface area (Å²) in [6.07, 6.45) is 1.13. The minimum absolute atomic E-state index is 0.535. The van der Waals surface area contributed by atoms with Crippen molar-refractivity contribution in [3.63, 3.8) is 0 Å². The van der Waals surface area contributed by atoms with Crippen LogP contribution in [0.4, 0.5) is 5.69 Å². The number of rotatable bonds is 3.